The number of nitrogens with one attached hydrogen (secondary N) is 2. The Kier molecular flexibility index (Phi) is 5.39. The molecule has 4 rings (SSSR count). The van der Waals surface area contributed by atoms with Gasteiger partial charge in [0.2, 0.25) is 5.95 Å². The minimum atomic E-state index is -1.01. The maximum Gasteiger partial charge on any atom is 0.338 e. The Morgan fingerprint density at radius 1 is 1.14 bits per heavy atom. The van der Waals surface area contributed by atoms with Crippen LogP contribution in [0.4, 0.5) is 11.6 Å². The van der Waals surface area contributed by atoms with Crippen molar-refractivity contribution in [3.8, 4) is 16.9 Å². The van der Waals surface area contributed by atoms with Crippen LogP contribution in [-0.4, -0.2) is 39.2 Å². The molecule has 2 aromatic carbocycles. The average molecular weight is 390 g/mol. The molecule has 2 heterocycles. The van der Waals surface area contributed by atoms with Gasteiger partial charge in [0, 0.05) is 24.5 Å². The summed E-state index contributed by atoms with van der Waals surface area (Å²) in [5.41, 5.74) is 2.75. The van der Waals surface area contributed by atoms with Gasteiger partial charge in [0.05, 0.1) is 11.3 Å². The van der Waals surface area contributed by atoms with Gasteiger partial charge in [-0.1, -0.05) is 18.2 Å². The Bertz CT molecular complexity index is 1020. The quantitative estimate of drug-likeness (QED) is 0.525. The van der Waals surface area contributed by atoms with E-state index in [0.29, 0.717) is 23.7 Å². The van der Waals surface area contributed by atoms with Gasteiger partial charge in [-0.25, -0.2) is 14.8 Å². The van der Waals surface area contributed by atoms with E-state index in [1.165, 1.54) is 0 Å². The number of aromatic nitrogens is 2. The van der Waals surface area contributed by atoms with Crippen LogP contribution in [0.5, 0.6) is 5.75 Å². The van der Waals surface area contributed by atoms with Gasteiger partial charge in [0.15, 0.2) is 0 Å². The van der Waals surface area contributed by atoms with E-state index >= 15 is 0 Å². The smallest absolute Gasteiger partial charge is 0.338 e. The SMILES string of the molecule is O=C(O)c1c(Nc2ncccn2)cc(-c2ccccc2O)cc1C1CCCNC1. The van der Waals surface area contributed by atoms with Crippen LogP contribution < -0.4 is 10.6 Å². The first-order valence-corrected chi connectivity index (χ1v) is 9.58. The number of hydrogen-bond donors (Lipinski definition) is 4. The molecule has 1 fully saturated rings. The number of rotatable bonds is 5. The third-order valence-corrected chi connectivity index (χ3v) is 5.15. The van der Waals surface area contributed by atoms with E-state index in [2.05, 4.69) is 20.6 Å². The first kappa shape index (κ1) is 18.9. The van der Waals surface area contributed by atoms with E-state index in [0.717, 1.165) is 30.5 Å². The molecule has 1 atom stereocenters. The number of nitrogens with zero attached hydrogens (tertiary/aromatic N) is 2. The Labute approximate surface area is 168 Å². The van der Waals surface area contributed by atoms with Gasteiger partial charge in [-0.05, 0) is 60.7 Å². The second kappa shape index (κ2) is 8.28. The summed E-state index contributed by atoms with van der Waals surface area (Å²) in [6.07, 6.45) is 5.07. The van der Waals surface area contributed by atoms with Crippen LogP contribution in [0, 0.1) is 0 Å². The lowest BCUT2D eigenvalue weighted by molar-refractivity contribution is 0.0696. The lowest BCUT2D eigenvalue weighted by Crippen LogP contribution is -2.29. The lowest BCUT2D eigenvalue weighted by Gasteiger charge is -2.26. The van der Waals surface area contributed by atoms with E-state index < -0.39 is 5.97 Å². The van der Waals surface area contributed by atoms with Crippen molar-refractivity contribution in [1.29, 1.82) is 0 Å². The first-order valence-electron chi connectivity index (χ1n) is 9.58. The van der Waals surface area contributed by atoms with Crippen molar-refractivity contribution in [1.82, 2.24) is 15.3 Å². The molecule has 29 heavy (non-hydrogen) atoms. The number of para-hydroxylation sites is 1. The van der Waals surface area contributed by atoms with Crippen molar-refractivity contribution < 1.29 is 15.0 Å². The Morgan fingerprint density at radius 2 is 1.93 bits per heavy atom. The van der Waals surface area contributed by atoms with Gasteiger partial charge in [0.25, 0.3) is 0 Å². The minimum absolute atomic E-state index is 0.0675. The summed E-state index contributed by atoms with van der Waals surface area (Å²) in [7, 11) is 0. The maximum atomic E-state index is 12.2. The number of anilines is 2. The molecule has 148 valence electrons. The van der Waals surface area contributed by atoms with Crippen LogP contribution >= 0.6 is 0 Å². The van der Waals surface area contributed by atoms with Crippen LogP contribution in [0.3, 0.4) is 0 Å². The monoisotopic (exact) mass is 390 g/mol. The van der Waals surface area contributed by atoms with Crippen molar-refractivity contribution in [3.63, 3.8) is 0 Å². The van der Waals surface area contributed by atoms with E-state index in [4.69, 9.17) is 0 Å². The Balaban J connectivity index is 1.90. The number of piperidine rings is 1. The Hall–Kier alpha value is -3.45. The second-order valence-corrected chi connectivity index (χ2v) is 7.05. The molecule has 0 amide bonds. The van der Waals surface area contributed by atoms with Crippen molar-refractivity contribution in [2.75, 3.05) is 18.4 Å². The minimum Gasteiger partial charge on any atom is -0.507 e. The highest BCUT2D eigenvalue weighted by Crippen LogP contribution is 2.38. The standard InChI is InChI=1S/C22H22N4O3/c27-19-7-2-1-6-16(19)15-11-17(14-5-3-8-23-13-14)20(21(28)29)18(12-15)26-22-24-9-4-10-25-22/h1-2,4,6-7,9-12,14,23,27H,3,5,8,13H2,(H,28,29)(H,24,25,26). The topological polar surface area (TPSA) is 107 Å². The number of phenolic OH excluding ortho intramolecular Hbond substituents is 1. The molecule has 0 bridgehead atoms. The number of aromatic carboxylic acids is 1. The van der Waals surface area contributed by atoms with Crippen molar-refractivity contribution in [2.45, 2.75) is 18.8 Å². The summed E-state index contributed by atoms with van der Waals surface area (Å²) in [5.74, 6) is -0.479. The summed E-state index contributed by atoms with van der Waals surface area (Å²) in [6, 6.07) is 12.3. The zero-order valence-electron chi connectivity index (χ0n) is 15.8. The normalized spacial score (nSPS) is 16.3. The van der Waals surface area contributed by atoms with Crippen LogP contribution in [0.2, 0.25) is 0 Å². The predicted octanol–water partition coefficient (Wildman–Crippen LogP) is 3.76. The van der Waals surface area contributed by atoms with Crippen LogP contribution in [0.25, 0.3) is 11.1 Å². The molecule has 0 saturated carbocycles. The van der Waals surface area contributed by atoms with Crippen molar-refractivity contribution in [2.24, 2.45) is 0 Å². The third kappa shape index (κ3) is 4.05. The molecular weight excluding hydrogens is 368 g/mol. The highest BCUT2D eigenvalue weighted by Gasteiger charge is 2.26. The number of hydrogen-bond acceptors (Lipinski definition) is 6. The number of carboxylic acid groups (broad SMARTS) is 1. The van der Waals surface area contributed by atoms with E-state index in [1.807, 2.05) is 18.2 Å². The molecule has 4 N–H and O–H groups in total. The van der Waals surface area contributed by atoms with Gasteiger partial charge < -0.3 is 20.8 Å². The molecule has 0 radical (unpaired) electrons. The summed E-state index contributed by atoms with van der Waals surface area (Å²) in [6.45, 7) is 1.65. The molecule has 1 unspecified atom stereocenters. The molecule has 7 heteroatoms. The summed E-state index contributed by atoms with van der Waals surface area (Å²) in [5, 5.41) is 26.8. The van der Waals surface area contributed by atoms with Crippen molar-refractivity contribution >= 4 is 17.6 Å². The number of benzene rings is 2. The van der Waals surface area contributed by atoms with Crippen molar-refractivity contribution in [3.05, 3.63) is 66.0 Å². The molecule has 1 aliphatic rings. The molecule has 0 aliphatic carbocycles. The number of aromatic hydroxyl groups is 1. The number of carboxylic acids is 1. The fraction of sp³-hybridized carbons (Fsp3) is 0.227. The molecular formula is C22H22N4O3. The van der Waals surface area contributed by atoms with Crippen LogP contribution in [-0.2, 0) is 0 Å². The summed E-state index contributed by atoms with van der Waals surface area (Å²) in [4.78, 5) is 20.6. The molecule has 7 nitrogen and oxygen atoms in total. The zero-order chi connectivity index (χ0) is 20.2. The fourth-order valence-corrected chi connectivity index (χ4v) is 3.80. The largest absolute Gasteiger partial charge is 0.507 e. The number of carbonyl (C=O) groups is 1. The van der Waals surface area contributed by atoms with Gasteiger partial charge in [-0.2, -0.15) is 0 Å². The predicted molar refractivity (Wildman–Crippen MR) is 111 cm³/mol. The van der Waals surface area contributed by atoms with E-state index in [-0.39, 0.29) is 17.2 Å². The lowest BCUT2D eigenvalue weighted by atomic mass is 9.85. The third-order valence-electron chi connectivity index (χ3n) is 5.15. The highest BCUT2D eigenvalue weighted by molar-refractivity contribution is 5.98. The maximum absolute atomic E-state index is 12.2. The molecule has 3 aromatic rings. The molecule has 1 aliphatic heterocycles. The average Bonchev–Trinajstić information content (AvgIpc) is 2.75. The summed E-state index contributed by atoms with van der Waals surface area (Å²) < 4.78 is 0. The molecule has 1 saturated heterocycles. The highest BCUT2D eigenvalue weighted by atomic mass is 16.4. The molecule has 0 spiro atoms. The van der Waals surface area contributed by atoms with E-state index in [1.54, 1.807) is 36.7 Å². The number of phenols is 1. The zero-order valence-corrected chi connectivity index (χ0v) is 15.8. The van der Waals surface area contributed by atoms with Gasteiger partial charge in [0.1, 0.15) is 5.75 Å². The van der Waals surface area contributed by atoms with Gasteiger partial charge in [-0.3, -0.25) is 0 Å². The fourth-order valence-electron chi connectivity index (χ4n) is 3.80. The first-order chi connectivity index (χ1) is 14.1. The van der Waals surface area contributed by atoms with Gasteiger partial charge >= 0.3 is 5.97 Å². The summed E-state index contributed by atoms with van der Waals surface area (Å²) >= 11 is 0. The van der Waals surface area contributed by atoms with Crippen LogP contribution in [0.15, 0.2) is 54.9 Å². The van der Waals surface area contributed by atoms with Gasteiger partial charge in [-0.15, -0.1) is 0 Å². The Morgan fingerprint density at radius 3 is 2.62 bits per heavy atom. The van der Waals surface area contributed by atoms with E-state index in [9.17, 15) is 15.0 Å². The second-order valence-electron chi connectivity index (χ2n) is 7.05. The molecule has 1 aromatic heterocycles. The van der Waals surface area contributed by atoms with Crippen LogP contribution in [0.1, 0.15) is 34.7 Å².